The number of piperazine rings is 1. The molecule has 6 rings (SSSR count). The summed E-state index contributed by atoms with van der Waals surface area (Å²) in [5.74, 6) is -0.347. The predicted molar refractivity (Wildman–Crippen MR) is 178 cm³/mol. The van der Waals surface area contributed by atoms with Crippen LogP contribution < -0.4 is 10.3 Å². The molecule has 8 nitrogen and oxygen atoms in total. The molecule has 3 fully saturated rings. The number of likely N-dealkylation sites (N-methyl/N-ethyl adjacent to an activating group) is 1. The van der Waals surface area contributed by atoms with E-state index in [0.29, 0.717) is 29.3 Å². The lowest BCUT2D eigenvalue weighted by Crippen LogP contribution is -2.61. The Balaban J connectivity index is 1.28. The van der Waals surface area contributed by atoms with Crippen LogP contribution in [0.5, 0.6) is 0 Å². The molecule has 0 radical (unpaired) electrons. The number of hydrazine groups is 1. The topological polar surface area (TPSA) is 75.1 Å². The third-order valence-corrected chi connectivity index (χ3v) is 10.9. The summed E-state index contributed by atoms with van der Waals surface area (Å²) in [5.41, 5.74) is 2.54. The quantitative estimate of drug-likeness (QED) is 0.148. The average Bonchev–Trinajstić information content (AvgIpc) is 3.37. The summed E-state index contributed by atoms with van der Waals surface area (Å²) in [7, 11) is 3.75. The van der Waals surface area contributed by atoms with Gasteiger partial charge in [-0.05, 0) is 66.8 Å². The van der Waals surface area contributed by atoms with Crippen molar-refractivity contribution in [1.29, 1.82) is 5.41 Å². The standard InChI is InChI=1S/C36H48F4N6O2/c1-23(2)31-20-43(4)13-14-44(31)18-24-15-28-29(30(16-24)36(38,39)40)19-45(34(28)47)27-12-8-9-25(17-27)35(21-48-22-35)32(37)33(41)46(42-3)26-10-6-5-7-11-26/h8-9,12,15-17,23,26,31-32,41-42H,5-7,10-11,13-14,18-22H2,1-4H3/t31-,32-/m1/s1. The second-order valence-corrected chi connectivity index (χ2v) is 14.4. The van der Waals surface area contributed by atoms with Crippen LogP contribution >= 0.6 is 0 Å². The molecule has 3 aliphatic heterocycles. The largest absolute Gasteiger partial charge is 0.416 e. The minimum Gasteiger partial charge on any atom is -0.379 e. The van der Waals surface area contributed by atoms with E-state index < -0.39 is 29.2 Å². The molecule has 2 N–H and O–H groups in total. The third kappa shape index (κ3) is 6.48. The van der Waals surface area contributed by atoms with Gasteiger partial charge in [0.15, 0.2) is 6.17 Å². The fourth-order valence-corrected chi connectivity index (χ4v) is 8.06. The average molecular weight is 673 g/mol. The number of fused-ring (bicyclic) bond motifs is 1. The minimum absolute atomic E-state index is 0.0276. The Morgan fingerprint density at radius 2 is 1.85 bits per heavy atom. The van der Waals surface area contributed by atoms with Crippen molar-refractivity contribution in [2.24, 2.45) is 5.92 Å². The number of carbonyl (C=O) groups excluding carboxylic acids is 1. The second-order valence-electron chi connectivity index (χ2n) is 14.4. The van der Waals surface area contributed by atoms with Crippen molar-refractivity contribution < 1.29 is 27.1 Å². The molecular formula is C36H48F4N6O2. The highest BCUT2D eigenvalue weighted by Gasteiger charge is 2.52. The molecule has 4 aliphatic rings. The summed E-state index contributed by atoms with van der Waals surface area (Å²) >= 11 is 0. The van der Waals surface area contributed by atoms with Crippen LogP contribution in [-0.4, -0.2) is 91.8 Å². The number of alkyl halides is 4. The van der Waals surface area contributed by atoms with E-state index in [1.54, 1.807) is 42.4 Å². The molecule has 262 valence electrons. The number of rotatable bonds is 9. The van der Waals surface area contributed by atoms with Gasteiger partial charge in [0.25, 0.3) is 5.91 Å². The number of amides is 1. The van der Waals surface area contributed by atoms with Crippen LogP contribution in [0.25, 0.3) is 0 Å². The van der Waals surface area contributed by atoms with Gasteiger partial charge >= 0.3 is 6.18 Å². The van der Waals surface area contributed by atoms with Crippen molar-refractivity contribution in [3.8, 4) is 0 Å². The van der Waals surface area contributed by atoms with Gasteiger partial charge in [-0.15, -0.1) is 0 Å². The SMILES string of the molecule is CNN(C(=N)[C@@H](F)C1(c2cccc(N3Cc4c(cc(CN5CCN(C)C[C@@H]5C(C)C)cc4C(F)(F)F)C3=O)c2)COC1)C1CCCCC1. The van der Waals surface area contributed by atoms with Crippen LogP contribution in [0.4, 0.5) is 23.2 Å². The normalized spacial score (nSPS) is 22.9. The van der Waals surface area contributed by atoms with Crippen molar-refractivity contribution in [1.82, 2.24) is 20.2 Å². The number of nitrogens with zero attached hydrogens (tertiary/aromatic N) is 4. The Bertz CT molecular complexity index is 1510. The van der Waals surface area contributed by atoms with Gasteiger partial charge in [0.2, 0.25) is 0 Å². The molecule has 3 heterocycles. The number of anilines is 1. The number of halogens is 4. The molecule has 2 aromatic carbocycles. The summed E-state index contributed by atoms with van der Waals surface area (Å²) in [4.78, 5) is 19.7. The first-order valence-electron chi connectivity index (χ1n) is 17.2. The molecule has 1 saturated carbocycles. The summed E-state index contributed by atoms with van der Waals surface area (Å²) in [6.45, 7) is 6.84. The number of amidine groups is 1. The maximum atomic E-state index is 16.5. The fraction of sp³-hybridized carbons (Fsp3) is 0.611. The summed E-state index contributed by atoms with van der Waals surface area (Å²) in [6.07, 6.45) is -1.38. The van der Waals surface area contributed by atoms with E-state index in [4.69, 9.17) is 10.1 Å². The van der Waals surface area contributed by atoms with Crippen molar-refractivity contribution in [3.63, 3.8) is 0 Å². The van der Waals surface area contributed by atoms with Gasteiger partial charge < -0.3 is 14.5 Å². The molecule has 2 aromatic rings. The van der Waals surface area contributed by atoms with Crippen molar-refractivity contribution >= 4 is 17.4 Å². The highest BCUT2D eigenvalue weighted by atomic mass is 19.4. The molecule has 0 unspecified atom stereocenters. The van der Waals surface area contributed by atoms with E-state index in [-0.39, 0.29) is 48.8 Å². The van der Waals surface area contributed by atoms with Gasteiger partial charge in [0, 0.05) is 56.6 Å². The van der Waals surface area contributed by atoms with E-state index in [1.807, 2.05) is 0 Å². The molecule has 0 aromatic heterocycles. The lowest BCUT2D eigenvalue weighted by molar-refractivity contribution is -0.138. The lowest BCUT2D eigenvalue weighted by atomic mass is 9.73. The molecular weight excluding hydrogens is 624 g/mol. The number of benzene rings is 2. The fourth-order valence-electron chi connectivity index (χ4n) is 8.06. The van der Waals surface area contributed by atoms with Gasteiger partial charge in [-0.25, -0.2) is 9.82 Å². The second kappa shape index (κ2) is 13.7. The van der Waals surface area contributed by atoms with Gasteiger partial charge in [-0.3, -0.25) is 20.1 Å². The van der Waals surface area contributed by atoms with Crippen molar-refractivity contribution in [3.05, 3.63) is 64.2 Å². The summed E-state index contributed by atoms with van der Waals surface area (Å²) < 4.78 is 65.7. The van der Waals surface area contributed by atoms with E-state index in [1.165, 1.54) is 11.0 Å². The minimum atomic E-state index is -4.63. The zero-order valence-corrected chi connectivity index (χ0v) is 28.4. The van der Waals surface area contributed by atoms with Crippen LogP contribution in [-0.2, 0) is 29.4 Å². The third-order valence-electron chi connectivity index (χ3n) is 10.9. The summed E-state index contributed by atoms with van der Waals surface area (Å²) in [5, 5.41) is 10.5. The molecule has 0 spiro atoms. The molecule has 2 saturated heterocycles. The first-order valence-corrected chi connectivity index (χ1v) is 17.2. The van der Waals surface area contributed by atoms with E-state index in [9.17, 15) is 18.0 Å². The van der Waals surface area contributed by atoms with Gasteiger partial charge in [-0.1, -0.05) is 45.2 Å². The highest BCUT2D eigenvalue weighted by molar-refractivity contribution is 6.10. The maximum Gasteiger partial charge on any atom is 0.416 e. The molecule has 0 bridgehead atoms. The summed E-state index contributed by atoms with van der Waals surface area (Å²) in [6, 6.07) is 9.86. The van der Waals surface area contributed by atoms with Gasteiger partial charge in [0.1, 0.15) is 5.84 Å². The Labute approximate surface area is 280 Å². The number of hydrogen-bond donors (Lipinski definition) is 2. The lowest BCUT2D eigenvalue weighted by Gasteiger charge is -2.47. The molecule has 2 atom stereocenters. The Hall–Kier alpha value is -3.06. The van der Waals surface area contributed by atoms with Crippen LogP contribution in [0.3, 0.4) is 0 Å². The van der Waals surface area contributed by atoms with E-state index >= 15 is 4.39 Å². The van der Waals surface area contributed by atoms with Crippen LogP contribution in [0.1, 0.15) is 78.6 Å². The Kier molecular flexibility index (Phi) is 9.92. The van der Waals surface area contributed by atoms with Crippen LogP contribution in [0.15, 0.2) is 36.4 Å². The highest BCUT2D eigenvalue weighted by Crippen LogP contribution is 2.43. The number of hydrogen-bond acceptors (Lipinski definition) is 6. The van der Waals surface area contributed by atoms with E-state index in [2.05, 4.69) is 36.1 Å². The maximum absolute atomic E-state index is 16.5. The van der Waals surface area contributed by atoms with Crippen molar-refractivity contribution in [2.45, 2.75) is 88.9 Å². The molecule has 1 aliphatic carbocycles. The zero-order chi connectivity index (χ0) is 34.4. The Morgan fingerprint density at radius 1 is 1.12 bits per heavy atom. The van der Waals surface area contributed by atoms with E-state index in [0.717, 1.165) is 51.7 Å². The van der Waals surface area contributed by atoms with Gasteiger partial charge in [-0.2, -0.15) is 13.2 Å². The van der Waals surface area contributed by atoms with Crippen LogP contribution in [0.2, 0.25) is 0 Å². The number of carbonyl (C=O) groups is 1. The first kappa shape index (κ1) is 34.8. The smallest absolute Gasteiger partial charge is 0.379 e. The number of nitrogens with one attached hydrogen (secondary N) is 2. The Morgan fingerprint density at radius 3 is 2.48 bits per heavy atom. The van der Waals surface area contributed by atoms with Crippen LogP contribution in [0, 0.1) is 11.3 Å². The number of ether oxygens (including phenoxy) is 1. The van der Waals surface area contributed by atoms with Crippen molar-refractivity contribution in [2.75, 3.05) is 51.8 Å². The van der Waals surface area contributed by atoms with Gasteiger partial charge in [0.05, 0.1) is 30.7 Å². The molecule has 48 heavy (non-hydrogen) atoms. The molecule has 1 amide bonds. The first-order chi connectivity index (χ1) is 22.8. The zero-order valence-electron chi connectivity index (χ0n) is 28.4. The predicted octanol–water partition coefficient (Wildman–Crippen LogP) is 5.99. The molecule has 12 heteroatoms. The monoisotopic (exact) mass is 672 g/mol.